The molecule has 5 heterocycles. The predicted octanol–water partition coefficient (Wildman–Crippen LogP) is 6.39. The summed E-state index contributed by atoms with van der Waals surface area (Å²) >= 11 is 19.9. The molecule has 2 aliphatic heterocycles. The summed E-state index contributed by atoms with van der Waals surface area (Å²) in [6.07, 6.45) is 3.61. The van der Waals surface area contributed by atoms with E-state index in [0.717, 1.165) is 5.56 Å². The number of fused-ring (bicyclic) bond motifs is 2. The molecule has 1 aromatic carbocycles. The van der Waals surface area contributed by atoms with Gasteiger partial charge in [-0.2, -0.15) is 4.98 Å². The van der Waals surface area contributed by atoms with Crippen LogP contribution in [0, 0.1) is 12.7 Å². The fraction of sp³-hybridized carbons (Fsp3) is 0.364. The fourth-order valence-corrected chi connectivity index (χ4v) is 7.51. The lowest BCUT2D eigenvalue weighted by Crippen LogP contribution is -2.60. The van der Waals surface area contributed by atoms with Crippen LogP contribution in [0.15, 0.2) is 35.8 Å². The number of nitrogens with zero attached hydrogens (tertiary/aromatic N) is 7. The molecule has 1 saturated heterocycles. The van der Waals surface area contributed by atoms with E-state index >= 15 is 4.39 Å². The van der Waals surface area contributed by atoms with Gasteiger partial charge in [0.15, 0.2) is 11.5 Å². The molecule has 2 atom stereocenters. The highest BCUT2D eigenvalue weighted by Gasteiger charge is 2.39. The average molecular weight is 700 g/mol. The summed E-state index contributed by atoms with van der Waals surface area (Å²) in [6, 6.07) is 2.64. The van der Waals surface area contributed by atoms with Gasteiger partial charge in [0, 0.05) is 45.0 Å². The van der Waals surface area contributed by atoms with Gasteiger partial charge in [-0.25, -0.2) is 18.7 Å². The lowest BCUT2D eigenvalue weighted by molar-refractivity contribution is -0.128. The van der Waals surface area contributed by atoms with E-state index in [0.29, 0.717) is 54.3 Å². The second-order valence-corrected chi connectivity index (χ2v) is 13.6. The van der Waals surface area contributed by atoms with E-state index in [2.05, 4.69) is 16.5 Å². The smallest absolute Gasteiger partial charge is 0.355 e. The Morgan fingerprint density at radius 2 is 1.89 bits per heavy atom. The maximum atomic E-state index is 15.9. The topological polar surface area (TPSA) is 113 Å². The van der Waals surface area contributed by atoms with Crippen molar-refractivity contribution < 1.29 is 9.18 Å². The van der Waals surface area contributed by atoms with Gasteiger partial charge in [0.25, 0.3) is 0 Å². The first-order valence-corrected chi connectivity index (χ1v) is 16.4. The van der Waals surface area contributed by atoms with Crippen LogP contribution < -0.4 is 21.2 Å². The van der Waals surface area contributed by atoms with Crippen LogP contribution in [0.4, 0.5) is 21.6 Å². The number of amides is 1. The number of hydrogen-bond donors (Lipinski definition) is 1. The van der Waals surface area contributed by atoms with Crippen molar-refractivity contribution in [2.75, 3.05) is 42.2 Å². The molecule has 2 unspecified atom stereocenters. The summed E-state index contributed by atoms with van der Waals surface area (Å²) in [4.78, 5) is 47.2. The summed E-state index contributed by atoms with van der Waals surface area (Å²) in [5.41, 5.74) is 8.08. The Bertz CT molecular complexity index is 2010. The maximum Gasteiger partial charge on any atom is 0.355 e. The number of piperazine rings is 1. The van der Waals surface area contributed by atoms with Crippen molar-refractivity contribution in [3.63, 3.8) is 0 Å². The zero-order chi connectivity index (χ0) is 34.1. The molecule has 14 heteroatoms. The maximum absolute atomic E-state index is 15.9. The molecule has 0 spiro atoms. The summed E-state index contributed by atoms with van der Waals surface area (Å²) in [5, 5.41) is 0.361. The van der Waals surface area contributed by atoms with Crippen molar-refractivity contribution >= 4 is 68.9 Å². The van der Waals surface area contributed by atoms with Crippen molar-refractivity contribution in [3.05, 3.63) is 73.6 Å². The van der Waals surface area contributed by atoms with E-state index in [1.54, 1.807) is 11.1 Å². The number of halogens is 4. The number of hydrogen-bond acceptors (Lipinski definition) is 8. The first-order valence-electron chi connectivity index (χ1n) is 15.2. The third-order valence-electron chi connectivity index (χ3n) is 9.04. The van der Waals surface area contributed by atoms with E-state index in [-0.39, 0.29) is 61.6 Å². The van der Waals surface area contributed by atoms with Gasteiger partial charge in [-0.05, 0) is 50.0 Å². The Kier molecular flexibility index (Phi) is 8.61. The molecule has 0 bridgehead atoms. The van der Waals surface area contributed by atoms with Crippen LogP contribution in [-0.4, -0.2) is 69.1 Å². The average Bonchev–Trinajstić information content (AvgIpc) is 3.02. The predicted molar refractivity (Wildman–Crippen MR) is 187 cm³/mol. The summed E-state index contributed by atoms with van der Waals surface area (Å²) in [7, 11) is 1.86. The second-order valence-electron chi connectivity index (χ2n) is 12.4. The molecule has 2 N–H and O–H groups in total. The van der Waals surface area contributed by atoms with E-state index in [9.17, 15) is 9.59 Å². The lowest BCUT2D eigenvalue weighted by atomic mass is 9.99. The summed E-state index contributed by atoms with van der Waals surface area (Å²) in [5.74, 6) is -0.705. The number of rotatable bonds is 4. The molecule has 246 valence electrons. The largest absolute Gasteiger partial charge is 0.397 e. The Balaban J connectivity index is 1.78. The van der Waals surface area contributed by atoms with Gasteiger partial charge >= 0.3 is 5.69 Å². The summed E-state index contributed by atoms with van der Waals surface area (Å²) < 4.78 is 17.3. The SMILES string of the molecule is C=CC(=O)N1CC2CCN(C)c3c(Cl)c(-c4c(N)c(Cl)cc(Cl)c4F)nc4c3c(nc(=O)n4-c3c(C)ccnc3C(C)C)N2CC1C. The highest BCUT2D eigenvalue weighted by molar-refractivity contribution is 6.40. The van der Waals surface area contributed by atoms with Crippen molar-refractivity contribution in [2.45, 2.75) is 52.1 Å². The number of aryl methyl sites for hydroxylation is 1. The third kappa shape index (κ3) is 5.28. The summed E-state index contributed by atoms with van der Waals surface area (Å²) in [6.45, 7) is 12.8. The monoisotopic (exact) mass is 698 g/mol. The number of aromatic nitrogens is 4. The number of nitrogens with two attached hydrogens (primary N) is 1. The van der Waals surface area contributed by atoms with E-state index in [4.69, 9.17) is 50.5 Å². The molecule has 0 radical (unpaired) electrons. The Labute approximate surface area is 286 Å². The minimum Gasteiger partial charge on any atom is -0.397 e. The van der Waals surface area contributed by atoms with Crippen LogP contribution in [0.3, 0.4) is 0 Å². The zero-order valence-electron chi connectivity index (χ0n) is 26.6. The minimum atomic E-state index is -0.844. The number of pyridine rings is 2. The number of carbonyl (C=O) groups is 1. The third-order valence-corrected chi connectivity index (χ3v) is 9.99. The first kappa shape index (κ1) is 33.0. The van der Waals surface area contributed by atoms with Crippen molar-refractivity contribution in [2.24, 2.45) is 0 Å². The Morgan fingerprint density at radius 3 is 2.57 bits per heavy atom. The van der Waals surface area contributed by atoms with Crippen LogP contribution >= 0.6 is 34.8 Å². The molecular formula is C33H34Cl3FN8O2. The molecule has 1 fully saturated rings. The molecule has 3 aromatic heterocycles. The van der Waals surface area contributed by atoms with Crippen molar-refractivity contribution in [1.29, 1.82) is 0 Å². The number of anilines is 3. The second kappa shape index (κ2) is 12.3. The van der Waals surface area contributed by atoms with Gasteiger partial charge in [0.1, 0.15) is 5.82 Å². The number of nitrogen functional groups attached to an aromatic ring is 1. The van der Waals surface area contributed by atoms with Crippen LogP contribution in [0.2, 0.25) is 15.1 Å². The van der Waals surface area contributed by atoms with E-state index < -0.39 is 11.5 Å². The highest BCUT2D eigenvalue weighted by atomic mass is 35.5. The number of benzene rings is 1. The van der Waals surface area contributed by atoms with Crippen LogP contribution in [0.25, 0.3) is 28.0 Å². The highest BCUT2D eigenvalue weighted by Crippen LogP contribution is 2.48. The van der Waals surface area contributed by atoms with Gasteiger partial charge in [0.05, 0.1) is 54.5 Å². The zero-order valence-corrected chi connectivity index (χ0v) is 28.9. The van der Waals surface area contributed by atoms with Gasteiger partial charge < -0.3 is 20.4 Å². The van der Waals surface area contributed by atoms with Crippen molar-refractivity contribution in [1.82, 2.24) is 24.4 Å². The van der Waals surface area contributed by atoms with E-state index in [1.165, 1.54) is 16.7 Å². The first-order chi connectivity index (χ1) is 22.3. The van der Waals surface area contributed by atoms with Gasteiger partial charge in [0.2, 0.25) is 5.91 Å². The molecule has 10 nitrogen and oxygen atoms in total. The van der Waals surface area contributed by atoms with Crippen LogP contribution in [0.1, 0.15) is 44.4 Å². The minimum absolute atomic E-state index is 0.0229. The Morgan fingerprint density at radius 1 is 1.17 bits per heavy atom. The van der Waals surface area contributed by atoms with Crippen LogP contribution in [-0.2, 0) is 4.79 Å². The van der Waals surface area contributed by atoms with Gasteiger partial charge in [-0.1, -0.05) is 55.2 Å². The molecule has 4 aromatic rings. The molecule has 1 amide bonds. The van der Waals surface area contributed by atoms with E-state index in [1.807, 2.05) is 45.7 Å². The lowest BCUT2D eigenvalue weighted by Gasteiger charge is -2.47. The molecule has 0 saturated carbocycles. The quantitative estimate of drug-likeness (QED) is 0.148. The molecule has 6 rings (SSSR count). The Hall–Kier alpha value is -3.93. The van der Waals surface area contributed by atoms with Gasteiger partial charge in [-0.15, -0.1) is 0 Å². The van der Waals surface area contributed by atoms with Gasteiger partial charge in [-0.3, -0.25) is 9.78 Å². The number of carbonyl (C=O) groups excluding carboxylic acids is 1. The molecule has 0 aliphatic carbocycles. The fourth-order valence-electron chi connectivity index (χ4n) is 6.68. The molecular weight excluding hydrogens is 666 g/mol. The molecule has 2 aliphatic rings. The van der Waals surface area contributed by atoms with Crippen molar-refractivity contribution in [3.8, 4) is 16.9 Å². The standard InChI is InChI=1S/C33H34Cl3FN8O2/c1-7-21(46)43-14-18-9-11-42(6)30-23-31(44(18)13-17(43)5)41-33(47)45(29-16(4)8-10-39-27(29)15(2)3)32(23)40-28(24(30)36)22-25(37)19(34)12-20(35)26(22)38/h7-8,10,12,15,17-18H,1,9,11,13-14,38H2,2-6H3. The molecule has 47 heavy (non-hydrogen) atoms. The normalized spacial score (nSPS) is 18.0. The van der Waals surface area contributed by atoms with Crippen LogP contribution in [0.5, 0.6) is 0 Å².